The summed E-state index contributed by atoms with van der Waals surface area (Å²) in [4.78, 5) is 27.3. The van der Waals surface area contributed by atoms with Crippen LogP contribution in [0.1, 0.15) is 28.8 Å². The molecule has 1 aliphatic heterocycles. The molecule has 1 N–H and O–H groups in total. The Bertz CT molecular complexity index is 957. The van der Waals surface area contributed by atoms with E-state index in [-0.39, 0.29) is 17.7 Å². The number of carbonyl (C=O) groups is 2. The Morgan fingerprint density at radius 1 is 1.00 bits per heavy atom. The molecular formula is C24H29ClN2O5. The number of amides is 2. The molecule has 0 atom stereocenters. The molecule has 1 fully saturated rings. The van der Waals surface area contributed by atoms with Gasteiger partial charge in [-0.15, -0.1) is 0 Å². The van der Waals surface area contributed by atoms with E-state index in [2.05, 4.69) is 5.32 Å². The molecule has 0 unspecified atom stereocenters. The lowest BCUT2D eigenvalue weighted by atomic mass is 9.95. The summed E-state index contributed by atoms with van der Waals surface area (Å²) in [6.45, 7) is 1.54. The van der Waals surface area contributed by atoms with Crippen molar-refractivity contribution in [1.29, 1.82) is 0 Å². The molecule has 0 radical (unpaired) electrons. The lowest BCUT2D eigenvalue weighted by Gasteiger charge is -2.31. The maximum absolute atomic E-state index is 12.9. The maximum Gasteiger partial charge on any atom is 0.257 e. The molecule has 0 bridgehead atoms. The molecule has 2 aromatic rings. The zero-order valence-corrected chi connectivity index (χ0v) is 19.4. The van der Waals surface area contributed by atoms with E-state index in [0.717, 1.165) is 17.1 Å². The molecule has 0 aromatic heterocycles. The number of benzene rings is 2. The summed E-state index contributed by atoms with van der Waals surface area (Å²) in [7, 11) is 4.75. The van der Waals surface area contributed by atoms with E-state index in [0.29, 0.717) is 55.2 Å². The normalized spacial score (nSPS) is 14.1. The van der Waals surface area contributed by atoms with Gasteiger partial charge < -0.3 is 24.4 Å². The van der Waals surface area contributed by atoms with Crippen molar-refractivity contribution in [1.82, 2.24) is 10.2 Å². The van der Waals surface area contributed by atoms with Crippen LogP contribution in [-0.2, 0) is 11.2 Å². The van der Waals surface area contributed by atoms with Gasteiger partial charge >= 0.3 is 0 Å². The second-order valence-corrected chi connectivity index (χ2v) is 8.07. The number of piperidine rings is 1. The average Bonchev–Trinajstić information content (AvgIpc) is 2.83. The van der Waals surface area contributed by atoms with Crippen LogP contribution in [0, 0.1) is 5.92 Å². The Hall–Kier alpha value is -2.93. The first-order valence-electron chi connectivity index (χ1n) is 10.6. The van der Waals surface area contributed by atoms with Gasteiger partial charge in [0.2, 0.25) is 5.91 Å². The Morgan fingerprint density at radius 2 is 1.72 bits per heavy atom. The largest absolute Gasteiger partial charge is 0.497 e. The predicted molar refractivity (Wildman–Crippen MR) is 123 cm³/mol. The molecule has 1 aliphatic rings. The van der Waals surface area contributed by atoms with Gasteiger partial charge in [-0.1, -0.05) is 17.7 Å². The SMILES string of the molecule is COc1ccc(CCNC(=O)C2CCN(C(=O)c3cc(Cl)ccc3OC)CC2)c(OC)c1. The minimum Gasteiger partial charge on any atom is -0.497 e. The fraction of sp³-hybridized carbons (Fsp3) is 0.417. The summed E-state index contributed by atoms with van der Waals surface area (Å²) in [6, 6.07) is 10.6. The maximum atomic E-state index is 12.9. The molecule has 1 saturated heterocycles. The quantitative estimate of drug-likeness (QED) is 0.651. The highest BCUT2D eigenvalue weighted by Gasteiger charge is 2.29. The Kier molecular flexibility index (Phi) is 8.22. The van der Waals surface area contributed by atoms with Crippen molar-refractivity contribution in [3.8, 4) is 17.2 Å². The second-order valence-electron chi connectivity index (χ2n) is 7.63. The van der Waals surface area contributed by atoms with E-state index < -0.39 is 0 Å². The zero-order valence-electron chi connectivity index (χ0n) is 18.7. The molecule has 0 spiro atoms. The third-order valence-corrected chi connectivity index (χ3v) is 5.97. The highest BCUT2D eigenvalue weighted by molar-refractivity contribution is 6.31. The third kappa shape index (κ3) is 5.65. The van der Waals surface area contributed by atoms with Gasteiger partial charge in [0, 0.05) is 36.6 Å². The average molecular weight is 461 g/mol. The van der Waals surface area contributed by atoms with Gasteiger partial charge in [-0.2, -0.15) is 0 Å². The van der Waals surface area contributed by atoms with Gasteiger partial charge in [0.05, 0.1) is 26.9 Å². The second kappa shape index (κ2) is 11.1. The number of carbonyl (C=O) groups excluding carboxylic acids is 2. The van der Waals surface area contributed by atoms with Crippen molar-refractivity contribution in [3.05, 3.63) is 52.5 Å². The third-order valence-electron chi connectivity index (χ3n) is 5.73. The van der Waals surface area contributed by atoms with Crippen molar-refractivity contribution in [2.45, 2.75) is 19.3 Å². The van der Waals surface area contributed by atoms with Gasteiger partial charge in [0.15, 0.2) is 0 Å². The van der Waals surface area contributed by atoms with Crippen molar-refractivity contribution in [2.24, 2.45) is 5.92 Å². The Labute approximate surface area is 193 Å². The Balaban J connectivity index is 1.50. The lowest BCUT2D eigenvalue weighted by Crippen LogP contribution is -2.43. The summed E-state index contributed by atoms with van der Waals surface area (Å²) >= 11 is 6.06. The molecule has 3 rings (SSSR count). The van der Waals surface area contributed by atoms with E-state index in [1.807, 2.05) is 18.2 Å². The first kappa shape index (κ1) is 23.7. The number of hydrogen-bond acceptors (Lipinski definition) is 5. The molecule has 2 aromatic carbocycles. The Morgan fingerprint density at radius 3 is 2.38 bits per heavy atom. The topological polar surface area (TPSA) is 77.1 Å². The van der Waals surface area contributed by atoms with E-state index in [1.165, 1.54) is 7.11 Å². The number of ether oxygens (including phenoxy) is 3. The van der Waals surface area contributed by atoms with Gasteiger partial charge in [0.1, 0.15) is 17.2 Å². The van der Waals surface area contributed by atoms with Gasteiger partial charge in [-0.05, 0) is 49.1 Å². The van der Waals surface area contributed by atoms with Crippen LogP contribution >= 0.6 is 11.6 Å². The fourth-order valence-corrected chi connectivity index (χ4v) is 4.06. The number of hydrogen-bond donors (Lipinski definition) is 1. The monoisotopic (exact) mass is 460 g/mol. The molecule has 1 heterocycles. The molecule has 0 saturated carbocycles. The van der Waals surface area contributed by atoms with Crippen LogP contribution < -0.4 is 19.5 Å². The van der Waals surface area contributed by atoms with Gasteiger partial charge in [0.25, 0.3) is 5.91 Å². The summed E-state index contributed by atoms with van der Waals surface area (Å²) in [5.41, 5.74) is 1.45. The van der Waals surface area contributed by atoms with Crippen molar-refractivity contribution >= 4 is 23.4 Å². The minimum atomic E-state index is -0.130. The van der Waals surface area contributed by atoms with Crippen LogP contribution in [0.2, 0.25) is 5.02 Å². The fourth-order valence-electron chi connectivity index (χ4n) is 3.89. The number of likely N-dealkylation sites (tertiary alicyclic amines) is 1. The van der Waals surface area contributed by atoms with Gasteiger partial charge in [-0.3, -0.25) is 9.59 Å². The van der Waals surface area contributed by atoms with Crippen LogP contribution in [0.3, 0.4) is 0 Å². The van der Waals surface area contributed by atoms with E-state index in [1.54, 1.807) is 37.3 Å². The summed E-state index contributed by atoms with van der Waals surface area (Å²) in [5.74, 6) is 1.74. The van der Waals surface area contributed by atoms with E-state index in [4.69, 9.17) is 25.8 Å². The summed E-state index contributed by atoms with van der Waals surface area (Å²) in [6.07, 6.45) is 1.89. The summed E-state index contributed by atoms with van der Waals surface area (Å²) in [5, 5.41) is 3.50. The molecule has 7 nitrogen and oxygen atoms in total. The van der Waals surface area contributed by atoms with Crippen molar-refractivity contribution in [3.63, 3.8) is 0 Å². The van der Waals surface area contributed by atoms with Crippen LogP contribution in [0.15, 0.2) is 36.4 Å². The van der Waals surface area contributed by atoms with Crippen LogP contribution in [0.25, 0.3) is 0 Å². The highest BCUT2D eigenvalue weighted by atomic mass is 35.5. The first-order chi connectivity index (χ1) is 15.5. The summed E-state index contributed by atoms with van der Waals surface area (Å²) < 4.78 is 15.9. The molecule has 8 heteroatoms. The number of nitrogens with one attached hydrogen (secondary N) is 1. The molecule has 0 aliphatic carbocycles. The van der Waals surface area contributed by atoms with E-state index in [9.17, 15) is 9.59 Å². The molecule has 32 heavy (non-hydrogen) atoms. The van der Waals surface area contributed by atoms with Crippen molar-refractivity contribution in [2.75, 3.05) is 41.0 Å². The zero-order chi connectivity index (χ0) is 23.1. The number of rotatable bonds is 8. The van der Waals surface area contributed by atoms with Crippen molar-refractivity contribution < 1.29 is 23.8 Å². The van der Waals surface area contributed by atoms with Gasteiger partial charge in [-0.25, -0.2) is 0 Å². The lowest BCUT2D eigenvalue weighted by molar-refractivity contribution is -0.126. The van der Waals surface area contributed by atoms with E-state index >= 15 is 0 Å². The van der Waals surface area contributed by atoms with Crippen LogP contribution in [-0.4, -0.2) is 57.7 Å². The number of nitrogens with zero attached hydrogens (tertiary/aromatic N) is 1. The highest BCUT2D eigenvalue weighted by Crippen LogP contribution is 2.27. The molecular weight excluding hydrogens is 432 g/mol. The standard InChI is InChI=1S/C24H29ClN2O5/c1-30-19-6-4-16(22(15-19)32-3)8-11-26-23(28)17-9-12-27(13-10-17)24(29)20-14-18(25)5-7-21(20)31-2/h4-7,14-15,17H,8-13H2,1-3H3,(H,26,28). The smallest absolute Gasteiger partial charge is 0.257 e. The number of halogens is 1. The molecule has 172 valence electrons. The first-order valence-corrected chi connectivity index (χ1v) is 11.0. The molecule has 2 amide bonds. The minimum absolute atomic E-state index is 0.0184. The number of methoxy groups -OCH3 is 3. The van der Waals surface area contributed by atoms with Crippen LogP contribution in [0.5, 0.6) is 17.2 Å². The predicted octanol–water partition coefficient (Wildman–Crippen LogP) is 3.58. The van der Waals surface area contributed by atoms with Crippen LogP contribution in [0.4, 0.5) is 0 Å².